The van der Waals surface area contributed by atoms with E-state index < -0.39 is 23.5 Å². The number of hydrazone groups is 1. The average molecular weight is 465 g/mol. The number of thiocarbonyl (C=S) groups is 1. The number of nitrogens with two attached hydrogens (primary N) is 1. The molecule has 33 heavy (non-hydrogen) atoms. The van der Waals surface area contributed by atoms with Gasteiger partial charge in [0.15, 0.2) is 11.5 Å². The number of para-hydroxylation sites is 3. The molecular formula is C22H20N6O4S. The molecule has 1 fully saturated rings. The van der Waals surface area contributed by atoms with E-state index in [1.165, 1.54) is 0 Å². The maximum absolute atomic E-state index is 13.6. The minimum atomic E-state index is -1.45. The van der Waals surface area contributed by atoms with Gasteiger partial charge in [-0.3, -0.25) is 25.2 Å². The molecule has 4 rings (SSSR count). The molecule has 0 saturated carbocycles. The number of fused-ring (bicyclic) bond motifs is 1. The Morgan fingerprint density at radius 2 is 1.94 bits per heavy atom. The zero-order valence-electron chi connectivity index (χ0n) is 17.8. The topological polar surface area (TPSA) is 143 Å². The van der Waals surface area contributed by atoms with Crippen LogP contribution in [0.5, 0.6) is 0 Å². The van der Waals surface area contributed by atoms with Crippen molar-refractivity contribution in [3.8, 4) is 0 Å². The van der Waals surface area contributed by atoms with Gasteiger partial charge in [-0.1, -0.05) is 37.3 Å². The van der Waals surface area contributed by atoms with Crippen LogP contribution in [-0.4, -0.2) is 33.4 Å². The number of aromatic nitrogens is 1. The van der Waals surface area contributed by atoms with E-state index in [-0.39, 0.29) is 16.7 Å². The Kier molecular flexibility index (Phi) is 5.99. The highest BCUT2D eigenvalue weighted by atomic mass is 32.1. The smallest absolute Gasteiger partial charge is 0.302 e. The number of hydrazine groups is 1. The number of nitrogens with zero attached hydrogens (tertiary/aromatic N) is 3. The van der Waals surface area contributed by atoms with Crippen molar-refractivity contribution >= 4 is 57.4 Å². The minimum Gasteiger partial charge on any atom is -0.439 e. The van der Waals surface area contributed by atoms with Gasteiger partial charge in [-0.2, -0.15) is 5.10 Å². The first kappa shape index (κ1) is 22.2. The molecule has 2 heterocycles. The third kappa shape index (κ3) is 3.88. The third-order valence-corrected chi connectivity index (χ3v) is 5.47. The molecule has 1 aliphatic heterocycles. The Morgan fingerprint density at radius 3 is 2.64 bits per heavy atom. The molecule has 4 N–H and O–H groups in total. The molecule has 1 unspecified atom stereocenters. The quantitative estimate of drug-likeness (QED) is 0.172. The summed E-state index contributed by atoms with van der Waals surface area (Å²) in [4.78, 5) is 45.4. The molecule has 1 saturated heterocycles. The van der Waals surface area contributed by atoms with E-state index in [1.54, 1.807) is 43.3 Å². The highest BCUT2D eigenvalue weighted by Gasteiger charge is 2.50. The van der Waals surface area contributed by atoms with E-state index in [2.05, 4.69) is 20.9 Å². The zero-order chi connectivity index (χ0) is 23.7. The number of carbonyl (C=O) groups excluding carboxylic acids is 3. The number of ketones is 1. The number of anilines is 1. The summed E-state index contributed by atoms with van der Waals surface area (Å²) in [5.74, 6) is 1.03. The SMILES string of the molecule is CCc1cccc(C)c1N1C(=O)C(=O)C(c2nc3ccccc3o2)/C(=N/NC(=S)NN)C1=O. The monoisotopic (exact) mass is 464 g/mol. The van der Waals surface area contributed by atoms with E-state index in [0.717, 1.165) is 10.5 Å². The van der Waals surface area contributed by atoms with E-state index in [4.69, 9.17) is 22.5 Å². The highest BCUT2D eigenvalue weighted by Crippen LogP contribution is 2.33. The van der Waals surface area contributed by atoms with Crippen LogP contribution < -0.4 is 21.6 Å². The van der Waals surface area contributed by atoms with E-state index in [9.17, 15) is 14.4 Å². The lowest BCUT2D eigenvalue weighted by Crippen LogP contribution is -2.56. The van der Waals surface area contributed by atoms with Crippen molar-refractivity contribution in [2.75, 3.05) is 4.90 Å². The Balaban J connectivity index is 1.88. The molecule has 3 aromatic rings. The molecule has 2 aromatic carbocycles. The van der Waals surface area contributed by atoms with Gasteiger partial charge in [0.1, 0.15) is 11.2 Å². The number of nitrogens with one attached hydrogen (secondary N) is 2. The molecule has 0 radical (unpaired) electrons. The Morgan fingerprint density at radius 1 is 1.18 bits per heavy atom. The largest absolute Gasteiger partial charge is 0.439 e. The summed E-state index contributed by atoms with van der Waals surface area (Å²) in [6.07, 6.45) is 0.544. The highest BCUT2D eigenvalue weighted by molar-refractivity contribution is 7.80. The lowest BCUT2D eigenvalue weighted by molar-refractivity contribution is -0.139. The molecule has 1 aromatic heterocycles. The Hall–Kier alpha value is -3.96. The number of hydrogen-bond donors (Lipinski definition) is 3. The number of Topliss-reactive ketones (excluding diaryl/α,β-unsaturated/α-hetero) is 1. The molecule has 2 amide bonds. The first-order valence-corrected chi connectivity index (χ1v) is 10.5. The van der Waals surface area contributed by atoms with Crippen LogP contribution in [0.15, 0.2) is 52.0 Å². The van der Waals surface area contributed by atoms with E-state index in [1.807, 2.05) is 13.0 Å². The van der Waals surface area contributed by atoms with Crippen molar-refractivity contribution in [1.82, 2.24) is 15.8 Å². The maximum atomic E-state index is 13.6. The lowest BCUT2D eigenvalue weighted by atomic mass is 9.90. The van der Waals surface area contributed by atoms with Gasteiger partial charge in [-0.25, -0.2) is 15.7 Å². The number of amides is 2. The van der Waals surface area contributed by atoms with Gasteiger partial charge in [0.05, 0.1) is 5.69 Å². The fourth-order valence-corrected chi connectivity index (χ4v) is 3.76. The maximum Gasteiger partial charge on any atom is 0.302 e. The van der Waals surface area contributed by atoms with Gasteiger partial charge in [0, 0.05) is 0 Å². The second-order valence-electron chi connectivity index (χ2n) is 7.28. The van der Waals surface area contributed by atoms with Gasteiger partial charge in [0.2, 0.25) is 16.8 Å². The first-order valence-electron chi connectivity index (χ1n) is 10.1. The zero-order valence-corrected chi connectivity index (χ0v) is 18.6. The molecule has 0 spiro atoms. The summed E-state index contributed by atoms with van der Waals surface area (Å²) >= 11 is 4.94. The Bertz CT molecular complexity index is 1300. The second-order valence-corrected chi connectivity index (χ2v) is 7.69. The number of benzene rings is 2. The van der Waals surface area contributed by atoms with Crippen LogP contribution in [-0.2, 0) is 20.8 Å². The molecule has 168 valence electrons. The summed E-state index contributed by atoms with van der Waals surface area (Å²) in [6, 6.07) is 12.2. The van der Waals surface area contributed by atoms with Crippen molar-refractivity contribution in [2.45, 2.75) is 26.2 Å². The number of carbonyl (C=O) groups is 3. The summed E-state index contributed by atoms with van der Waals surface area (Å²) < 4.78 is 5.71. The number of hydrogen-bond acceptors (Lipinski definition) is 8. The van der Waals surface area contributed by atoms with Crippen molar-refractivity contribution in [1.29, 1.82) is 0 Å². The fourth-order valence-electron chi connectivity index (χ4n) is 3.71. The van der Waals surface area contributed by atoms with Crippen LogP contribution in [0.2, 0.25) is 0 Å². The molecule has 10 nitrogen and oxygen atoms in total. The van der Waals surface area contributed by atoms with Crippen molar-refractivity contribution in [3.63, 3.8) is 0 Å². The first-order chi connectivity index (χ1) is 15.9. The standard InChI is InChI=1S/C22H20N6O4S/c1-3-12-8-6-7-11(2)17(12)28-20(30)16(26-27-22(33)25-23)15(18(29)21(28)31)19-24-13-9-4-5-10-14(13)32-19/h4-10,15H,3,23H2,1-2H3,(H2,25,27,33)/b26-16-. The van der Waals surface area contributed by atoms with E-state index in [0.29, 0.717) is 28.8 Å². The average Bonchev–Trinajstić information content (AvgIpc) is 3.24. The summed E-state index contributed by atoms with van der Waals surface area (Å²) in [7, 11) is 0. The number of rotatable bonds is 4. The molecule has 0 bridgehead atoms. The van der Waals surface area contributed by atoms with Gasteiger partial charge in [-0.05, 0) is 48.8 Å². The predicted molar refractivity (Wildman–Crippen MR) is 125 cm³/mol. The predicted octanol–water partition coefficient (Wildman–Crippen LogP) is 1.62. The molecule has 1 aliphatic rings. The van der Waals surface area contributed by atoms with Gasteiger partial charge >= 0.3 is 5.91 Å². The summed E-state index contributed by atoms with van der Waals surface area (Å²) in [6.45, 7) is 3.65. The van der Waals surface area contributed by atoms with E-state index >= 15 is 0 Å². The van der Waals surface area contributed by atoms with Crippen molar-refractivity contribution in [2.24, 2.45) is 10.9 Å². The normalized spacial score (nSPS) is 17.7. The van der Waals surface area contributed by atoms with Crippen LogP contribution in [0.1, 0.15) is 29.9 Å². The molecule has 0 aliphatic carbocycles. The third-order valence-electron chi connectivity index (χ3n) is 5.26. The second kappa shape index (κ2) is 8.88. The van der Waals surface area contributed by atoms with Crippen LogP contribution in [0, 0.1) is 6.92 Å². The van der Waals surface area contributed by atoms with Crippen LogP contribution >= 0.6 is 12.2 Å². The van der Waals surface area contributed by atoms with Gasteiger partial charge in [-0.15, -0.1) is 0 Å². The molecular weight excluding hydrogens is 444 g/mol. The lowest BCUT2D eigenvalue weighted by Gasteiger charge is -2.31. The van der Waals surface area contributed by atoms with Crippen LogP contribution in [0.3, 0.4) is 0 Å². The number of oxazole rings is 1. The fraction of sp³-hybridized carbons (Fsp3) is 0.182. The van der Waals surface area contributed by atoms with Crippen molar-refractivity contribution in [3.05, 3.63) is 59.5 Å². The number of aryl methyl sites for hydroxylation is 2. The Labute approximate surface area is 193 Å². The minimum absolute atomic E-state index is 0.0901. The van der Waals surface area contributed by atoms with Gasteiger partial charge in [0.25, 0.3) is 5.91 Å². The number of piperidine rings is 1. The van der Waals surface area contributed by atoms with Crippen molar-refractivity contribution < 1.29 is 18.8 Å². The van der Waals surface area contributed by atoms with Crippen LogP contribution in [0.25, 0.3) is 11.1 Å². The molecule has 1 atom stereocenters. The molecule has 11 heteroatoms. The van der Waals surface area contributed by atoms with Gasteiger partial charge < -0.3 is 4.42 Å². The summed E-state index contributed by atoms with van der Waals surface area (Å²) in [5, 5.41) is 3.94. The number of imide groups is 1. The van der Waals surface area contributed by atoms with Crippen LogP contribution in [0.4, 0.5) is 5.69 Å². The summed E-state index contributed by atoms with van der Waals surface area (Å²) in [5.41, 5.74) is 6.93.